The van der Waals surface area contributed by atoms with Crippen LogP contribution in [0.15, 0.2) is 29.6 Å². The van der Waals surface area contributed by atoms with Crippen molar-refractivity contribution < 1.29 is 19.4 Å². The third-order valence-corrected chi connectivity index (χ3v) is 4.79. The Balaban J connectivity index is 1.54. The zero-order chi connectivity index (χ0) is 17.1. The monoisotopic (exact) mass is 346 g/mol. The summed E-state index contributed by atoms with van der Waals surface area (Å²) >= 11 is 1.57. The van der Waals surface area contributed by atoms with Gasteiger partial charge < -0.3 is 15.2 Å². The fourth-order valence-corrected chi connectivity index (χ4v) is 3.16. The largest absolute Gasteiger partial charge is 0.487 e. The molecule has 0 unspecified atom stereocenters. The van der Waals surface area contributed by atoms with Crippen molar-refractivity contribution in [3.8, 4) is 5.75 Å². The molecule has 1 heterocycles. The lowest BCUT2D eigenvalue weighted by Gasteiger charge is -2.32. The van der Waals surface area contributed by atoms with Crippen LogP contribution in [0.1, 0.15) is 33.9 Å². The molecule has 126 valence electrons. The number of carboxylic acids is 1. The summed E-state index contributed by atoms with van der Waals surface area (Å²) in [6.45, 7) is 2.30. The number of nitrogens with one attached hydrogen (secondary N) is 1. The van der Waals surface area contributed by atoms with Gasteiger partial charge in [-0.15, -0.1) is 11.3 Å². The summed E-state index contributed by atoms with van der Waals surface area (Å²) in [5, 5.41) is 14.6. The molecule has 1 aliphatic rings. The van der Waals surface area contributed by atoms with E-state index in [0.717, 1.165) is 10.7 Å². The van der Waals surface area contributed by atoms with E-state index in [1.165, 1.54) is 0 Å². The van der Waals surface area contributed by atoms with Crippen LogP contribution in [0.3, 0.4) is 0 Å². The van der Waals surface area contributed by atoms with E-state index in [9.17, 15) is 9.59 Å². The Morgan fingerprint density at radius 2 is 2.21 bits per heavy atom. The predicted molar refractivity (Wildman–Crippen MR) is 89.2 cm³/mol. The fourth-order valence-electron chi connectivity index (χ4n) is 2.56. The van der Waals surface area contributed by atoms with E-state index < -0.39 is 5.97 Å². The van der Waals surface area contributed by atoms with Crippen molar-refractivity contribution in [1.82, 2.24) is 10.3 Å². The second-order valence-electron chi connectivity index (χ2n) is 5.85. The van der Waals surface area contributed by atoms with Crippen molar-refractivity contribution in [2.75, 3.05) is 0 Å². The molecule has 2 aromatic rings. The van der Waals surface area contributed by atoms with Gasteiger partial charge in [0.2, 0.25) is 0 Å². The van der Waals surface area contributed by atoms with Gasteiger partial charge in [0.05, 0.1) is 16.6 Å². The maximum absolute atomic E-state index is 12.2. The normalized spacial score (nSPS) is 19.4. The van der Waals surface area contributed by atoms with Crippen LogP contribution >= 0.6 is 11.3 Å². The number of carboxylic acid groups (broad SMARTS) is 1. The van der Waals surface area contributed by atoms with Gasteiger partial charge in [0, 0.05) is 17.0 Å². The molecule has 0 spiro atoms. The Kier molecular flexibility index (Phi) is 4.80. The summed E-state index contributed by atoms with van der Waals surface area (Å²) in [6, 6.07) is 6.88. The third-order valence-electron chi connectivity index (χ3n) is 3.97. The summed E-state index contributed by atoms with van der Waals surface area (Å²) in [7, 11) is 0. The van der Waals surface area contributed by atoms with Crippen LogP contribution < -0.4 is 10.1 Å². The number of thiazole rings is 1. The molecule has 1 fully saturated rings. The molecule has 1 aromatic carbocycles. The molecular weight excluding hydrogens is 328 g/mol. The van der Waals surface area contributed by atoms with Gasteiger partial charge in [0.25, 0.3) is 5.91 Å². The predicted octanol–water partition coefficient (Wildman–Crippen LogP) is 2.62. The first-order valence-corrected chi connectivity index (χ1v) is 8.57. The van der Waals surface area contributed by atoms with Crippen LogP contribution in [0.25, 0.3) is 0 Å². The smallest absolute Gasteiger partial charge is 0.306 e. The lowest BCUT2D eigenvalue weighted by molar-refractivity contribution is -0.145. The number of hydrogen-bond acceptors (Lipinski definition) is 5. The van der Waals surface area contributed by atoms with Crippen LogP contribution in [-0.4, -0.2) is 28.0 Å². The van der Waals surface area contributed by atoms with Crippen molar-refractivity contribution in [3.63, 3.8) is 0 Å². The van der Waals surface area contributed by atoms with Crippen molar-refractivity contribution >= 4 is 23.2 Å². The van der Waals surface area contributed by atoms with Gasteiger partial charge in [0.1, 0.15) is 12.4 Å². The Morgan fingerprint density at radius 1 is 1.42 bits per heavy atom. The van der Waals surface area contributed by atoms with Crippen LogP contribution in [0.4, 0.5) is 0 Å². The Bertz CT molecular complexity index is 753. The van der Waals surface area contributed by atoms with Crippen molar-refractivity contribution in [2.24, 2.45) is 5.92 Å². The number of benzene rings is 1. The molecule has 0 radical (unpaired) electrons. The van der Waals surface area contributed by atoms with Crippen molar-refractivity contribution in [2.45, 2.75) is 32.4 Å². The third kappa shape index (κ3) is 3.91. The average molecular weight is 346 g/mol. The van der Waals surface area contributed by atoms with Gasteiger partial charge in [-0.1, -0.05) is 6.07 Å². The average Bonchev–Trinajstić information content (AvgIpc) is 2.93. The minimum Gasteiger partial charge on any atom is -0.487 e. The van der Waals surface area contributed by atoms with Gasteiger partial charge in [-0.25, -0.2) is 4.98 Å². The number of aromatic nitrogens is 1. The highest BCUT2D eigenvalue weighted by atomic mass is 32.1. The summed E-state index contributed by atoms with van der Waals surface area (Å²) in [6.07, 6.45) is 0.973. The molecule has 7 heteroatoms. The first kappa shape index (κ1) is 16.4. The van der Waals surface area contributed by atoms with Crippen LogP contribution in [0, 0.1) is 12.8 Å². The summed E-state index contributed by atoms with van der Waals surface area (Å²) in [5.41, 5.74) is 1.36. The molecule has 2 N–H and O–H groups in total. The first-order chi connectivity index (χ1) is 11.5. The number of ether oxygens (including phenoxy) is 1. The molecule has 1 saturated carbocycles. The lowest BCUT2D eigenvalue weighted by atomic mass is 9.80. The topological polar surface area (TPSA) is 88.5 Å². The minimum atomic E-state index is -0.798. The number of carbonyl (C=O) groups is 2. The van der Waals surface area contributed by atoms with E-state index in [-0.39, 0.29) is 17.9 Å². The van der Waals surface area contributed by atoms with E-state index in [1.807, 2.05) is 12.3 Å². The van der Waals surface area contributed by atoms with Gasteiger partial charge in [-0.05, 0) is 38.0 Å². The minimum absolute atomic E-state index is 0.0684. The molecule has 0 aliphatic heterocycles. The Hall–Kier alpha value is -2.41. The zero-order valence-corrected chi connectivity index (χ0v) is 14.0. The van der Waals surface area contributed by atoms with Gasteiger partial charge >= 0.3 is 5.97 Å². The van der Waals surface area contributed by atoms with E-state index >= 15 is 0 Å². The number of carbonyl (C=O) groups excluding carboxylic acids is 1. The molecule has 0 saturated heterocycles. The van der Waals surface area contributed by atoms with Gasteiger partial charge in [-0.3, -0.25) is 9.59 Å². The molecule has 6 nitrogen and oxygen atoms in total. The van der Waals surface area contributed by atoms with Gasteiger partial charge in [0.15, 0.2) is 0 Å². The number of amides is 1. The zero-order valence-electron chi connectivity index (χ0n) is 13.2. The van der Waals surface area contributed by atoms with Crippen LogP contribution in [0.5, 0.6) is 5.75 Å². The standard InChI is InChI=1S/C17H18N2O4S/c1-10-18-14(9-24-10)8-23-15-4-2-3-11(7-15)16(20)19-13-5-12(6-13)17(21)22/h2-4,7,9,12-13H,5-6,8H2,1H3,(H,19,20)(H,21,22). The number of nitrogens with zero attached hydrogens (tertiary/aromatic N) is 1. The number of aryl methyl sites for hydroxylation is 1. The van der Waals surface area contributed by atoms with Crippen LogP contribution in [-0.2, 0) is 11.4 Å². The summed E-state index contributed by atoms with van der Waals surface area (Å²) in [4.78, 5) is 27.3. The van der Waals surface area contributed by atoms with E-state index in [1.54, 1.807) is 35.6 Å². The number of rotatable bonds is 6. The highest BCUT2D eigenvalue weighted by Crippen LogP contribution is 2.27. The van der Waals surface area contributed by atoms with Gasteiger partial charge in [-0.2, -0.15) is 0 Å². The SMILES string of the molecule is Cc1nc(COc2cccc(C(=O)NC3CC(C(=O)O)C3)c2)cs1. The van der Waals surface area contributed by atoms with E-state index in [4.69, 9.17) is 9.84 Å². The Labute approximate surface area is 143 Å². The highest BCUT2D eigenvalue weighted by molar-refractivity contribution is 7.09. The summed E-state index contributed by atoms with van der Waals surface area (Å²) in [5.74, 6) is -0.746. The highest BCUT2D eigenvalue weighted by Gasteiger charge is 2.35. The summed E-state index contributed by atoms with van der Waals surface area (Å²) < 4.78 is 5.68. The quantitative estimate of drug-likeness (QED) is 0.839. The molecule has 1 amide bonds. The number of hydrogen-bond donors (Lipinski definition) is 2. The molecule has 24 heavy (non-hydrogen) atoms. The maximum Gasteiger partial charge on any atom is 0.306 e. The fraction of sp³-hybridized carbons (Fsp3) is 0.353. The molecule has 1 aliphatic carbocycles. The molecule has 3 rings (SSSR count). The van der Waals surface area contributed by atoms with E-state index in [0.29, 0.717) is 30.8 Å². The molecule has 0 atom stereocenters. The van der Waals surface area contributed by atoms with E-state index in [2.05, 4.69) is 10.3 Å². The first-order valence-electron chi connectivity index (χ1n) is 7.69. The number of aliphatic carboxylic acids is 1. The molecule has 0 bridgehead atoms. The molecular formula is C17H18N2O4S. The second-order valence-corrected chi connectivity index (χ2v) is 6.91. The lowest BCUT2D eigenvalue weighted by Crippen LogP contribution is -2.46. The van der Waals surface area contributed by atoms with Crippen molar-refractivity contribution in [1.29, 1.82) is 0 Å². The Morgan fingerprint density at radius 3 is 2.88 bits per heavy atom. The molecule has 1 aromatic heterocycles. The van der Waals surface area contributed by atoms with Crippen molar-refractivity contribution in [3.05, 3.63) is 45.9 Å². The van der Waals surface area contributed by atoms with Crippen LogP contribution in [0.2, 0.25) is 0 Å². The maximum atomic E-state index is 12.2. The second kappa shape index (κ2) is 7.00.